The summed E-state index contributed by atoms with van der Waals surface area (Å²) < 4.78 is 44.3. The lowest BCUT2D eigenvalue weighted by Gasteiger charge is -2.23. The van der Waals surface area contributed by atoms with Gasteiger partial charge >= 0.3 is 12.1 Å². The summed E-state index contributed by atoms with van der Waals surface area (Å²) in [5, 5.41) is 7.12. The molecule has 0 aliphatic carbocycles. The minimum atomic E-state index is -5.08. The molecule has 1 N–H and O–H groups in total. The predicted molar refractivity (Wildman–Crippen MR) is 72.4 cm³/mol. The van der Waals surface area contributed by atoms with E-state index in [-0.39, 0.29) is 5.91 Å². The molecule has 2 atom stereocenters. The van der Waals surface area contributed by atoms with Crippen molar-refractivity contribution >= 4 is 29.4 Å². The Balaban J connectivity index is 0.000000585. The van der Waals surface area contributed by atoms with Crippen LogP contribution in [0.25, 0.3) is 0 Å². The van der Waals surface area contributed by atoms with Crippen LogP contribution < -0.4 is 0 Å². The van der Waals surface area contributed by atoms with Gasteiger partial charge in [-0.25, -0.2) is 9.18 Å². The van der Waals surface area contributed by atoms with Gasteiger partial charge in [-0.05, 0) is 6.42 Å². The lowest BCUT2D eigenvalue weighted by atomic mass is 10.2. The normalized spacial score (nSPS) is 18.8. The average molecular weight is 363 g/mol. The van der Waals surface area contributed by atoms with E-state index in [1.807, 2.05) is 0 Å². The van der Waals surface area contributed by atoms with Crippen LogP contribution in [0, 0.1) is 0 Å². The Labute approximate surface area is 134 Å². The minimum absolute atomic E-state index is 0.187. The molecule has 0 radical (unpaired) electrons. The zero-order valence-electron chi connectivity index (χ0n) is 12.0. The van der Waals surface area contributed by atoms with E-state index < -0.39 is 29.7 Å². The first-order valence-electron chi connectivity index (χ1n) is 6.18. The molecule has 0 aromatic carbocycles. The molecule has 1 heterocycles. The first kappa shape index (κ1) is 21.2. The number of nitrogens with zero attached hydrogens (tertiary/aromatic N) is 2. The number of aliphatic carboxylic acids is 1. The highest BCUT2D eigenvalue weighted by atomic mass is 35.5. The SMILES string of the molecule is C=CCN1CCC(N(C)C(=O)C(F)Cl)C1=O.O=C(O)C(F)(F)F. The van der Waals surface area contributed by atoms with E-state index in [0.717, 1.165) is 4.90 Å². The summed E-state index contributed by atoms with van der Waals surface area (Å²) in [6, 6.07) is -0.607. The van der Waals surface area contributed by atoms with Crippen LogP contribution in [0.2, 0.25) is 0 Å². The van der Waals surface area contributed by atoms with Gasteiger partial charge in [-0.1, -0.05) is 17.7 Å². The van der Waals surface area contributed by atoms with Gasteiger partial charge in [0.25, 0.3) is 11.5 Å². The quantitative estimate of drug-likeness (QED) is 0.466. The molecule has 0 saturated carbocycles. The zero-order chi connectivity index (χ0) is 18.4. The summed E-state index contributed by atoms with van der Waals surface area (Å²) in [4.78, 5) is 34.6. The minimum Gasteiger partial charge on any atom is -0.475 e. The van der Waals surface area contributed by atoms with Crippen molar-refractivity contribution in [3.63, 3.8) is 0 Å². The van der Waals surface area contributed by atoms with Gasteiger partial charge in [0, 0.05) is 20.1 Å². The maximum atomic E-state index is 12.6. The number of carbonyl (C=O) groups excluding carboxylic acids is 2. The standard InChI is InChI=1S/C10H14ClFN2O2.C2HF3O2/c1-3-5-14-6-4-7(9(14)15)13(2)10(16)8(11)12;3-2(4,5)1(6)7/h3,7-8H,1,4-6H2,2H3;(H,6,7). The fraction of sp³-hybridized carbons (Fsp3) is 0.583. The maximum Gasteiger partial charge on any atom is 0.490 e. The fourth-order valence-electron chi connectivity index (χ4n) is 1.73. The second kappa shape index (κ2) is 8.70. The first-order chi connectivity index (χ1) is 10.4. The van der Waals surface area contributed by atoms with E-state index in [0.29, 0.717) is 19.5 Å². The predicted octanol–water partition coefficient (Wildman–Crippen LogP) is 1.40. The summed E-state index contributed by atoms with van der Waals surface area (Å²) >= 11 is 5.05. The van der Waals surface area contributed by atoms with Crippen LogP contribution in [-0.2, 0) is 14.4 Å². The van der Waals surface area contributed by atoms with Gasteiger partial charge < -0.3 is 14.9 Å². The van der Waals surface area contributed by atoms with Gasteiger partial charge in [0.05, 0.1) is 0 Å². The molecule has 2 amide bonds. The van der Waals surface area contributed by atoms with Gasteiger partial charge in [-0.3, -0.25) is 9.59 Å². The van der Waals surface area contributed by atoms with Gasteiger partial charge in [-0.2, -0.15) is 13.2 Å². The Morgan fingerprint density at radius 1 is 1.57 bits per heavy atom. The van der Waals surface area contributed by atoms with Crippen LogP contribution in [0.15, 0.2) is 12.7 Å². The molecule has 0 aromatic heterocycles. The van der Waals surface area contributed by atoms with Crippen LogP contribution >= 0.6 is 11.6 Å². The summed E-state index contributed by atoms with van der Waals surface area (Å²) in [6.07, 6.45) is -2.97. The van der Waals surface area contributed by atoms with Gasteiger partial charge in [0.1, 0.15) is 6.04 Å². The fourth-order valence-corrected chi connectivity index (χ4v) is 1.88. The van der Waals surface area contributed by atoms with Crippen LogP contribution in [0.4, 0.5) is 17.6 Å². The van der Waals surface area contributed by atoms with E-state index >= 15 is 0 Å². The Kier molecular flexibility index (Phi) is 8.01. The molecule has 2 unspecified atom stereocenters. The molecule has 11 heteroatoms. The molecule has 0 aromatic rings. The molecule has 1 fully saturated rings. The summed E-state index contributed by atoms with van der Waals surface area (Å²) in [5.74, 6) is -3.82. The van der Waals surface area contributed by atoms with Crippen molar-refractivity contribution < 1.29 is 37.1 Å². The lowest BCUT2D eigenvalue weighted by molar-refractivity contribution is -0.192. The van der Waals surface area contributed by atoms with Crippen LogP contribution in [0.5, 0.6) is 0 Å². The molecule has 1 saturated heterocycles. The number of carboxylic acid groups (broad SMARTS) is 1. The monoisotopic (exact) mass is 362 g/mol. The Hall–Kier alpha value is -1.84. The number of hydrogen-bond donors (Lipinski definition) is 1. The molecule has 1 aliphatic heterocycles. The van der Waals surface area contributed by atoms with Crippen molar-refractivity contribution in [2.24, 2.45) is 0 Å². The van der Waals surface area contributed by atoms with Gasteiger partial charge in [0.15, 0.2) is 0 Å². The van der Waals surface area contributed by atoms with Crippen molar-refractivity contribution in [3.8, 4) is 0 Å². The lowest BCUT2D eigenvalue weighted by Crippen LogP contribution is -2.44. The highest BCUT2D eigenvalue weighted by molar-refractivity contribution is 6.29. The Morgan fingerprint density at radius 3 is 2.39 bits per heavy atom. The van der Waals surface area contributed by atoms with Gasteiger partial charge in [-0.15, -0.1) is 6.58 Å². The molecule has 1 rings (SSSR count). The number of likely N-dealkylation sites (N-methyl/N-ethyl adjacent to an activating group) is 1. The van der Waals surface area contributed by atoms with Crippen molar-refractivity contribution in [1.82, 2.24) is 9.80 Å². The molecule has 132 valence electrons. The van der Waals surface area contributed by atoms with Crippen molar-refractivity contribution in [2.45, 2.75) is 24.3 Å². The second-order valence-corrected chi connectivity index (χ2v) is 4.81. The number of carbonyl (C=O) groups is 3. The number of alkyl halides is 5. The number of likely N-dealkylation sites (tertiary alicyclic amines) is 1. The van der Waals surface area contributed by atoms with Crippen molar-refractivity contribution in [1.29, 1.82) is 0 Å². The van der Waals surface area contributed by atoms with Crippen LogP contribution in [0.3, 0.4) is 0 Å². The number of amides is 2. The number of hydrogen-bond acceptors (Lipinski definition) is 3. The highest BCUT2D eigenvalue weighted by Gasteiger charge is 2.38. The third-order valence-corrected chi connectivity index (χ3v) is 3.05. The van der Waals surface area contributed by atoms with E-state index in [2.05, 4.69) is 6.58 Å². The van der Waals surface area contributed by atoms with Crippen molar-refractivity contribution in [2.75, 3.05) is 20.1 Å². The third-order valence-electron chi connectivity index (χ3n) is 2.86. The van der Waals surface area contributed by atoms with E-state index in [1.165, 1.54) is 7.05 Å². The van der Waals surface area contributed by atoms with Crippen LogP contribution in [-0.4, -0.2) is 70.7 Å². The molecule has 23 heavy (non-hydrogen) atoms. The topological polar surface area (TPSA) is 77.9 Å². The van der Waals surface area contributed by atoms with E-state index in [9.17, 15) is 27.2 Å². The Morgan fingerprint density at radius 2 is 2.04 bits per heavy atom. The summed E-state index contributed by atoms with van der Waals surface area (Å²) in [7, 11) is 1.39. The Bertz CT molecular complexity index is 470. The summed E-state index contributed by atoms with van der Waals surface area (Å²) in [5.41, 5.74) is -2.09. The van der Waals surface area contributed by atoms with Crippen LogP contribution in [0.1, 0.15) is 6.42 Å². The van der Waals surface area contributed by atoms with Gasteiger partial charge in [0.2, 0.25) is 5.91 Å². The highest BCUT2D eigenvalue weighted by Crippen LogP contribution is 2.18. The maximum absolute atomic E-state index is 12.6. The molecular formula is C12H15ClF4N2O4. The molecule has 6 nitrogen and oxygen atoms in total. The average Bonchev–Trinajstić information content (AvgIpc) is 2.78. The largest absolute Gasteiger partial charge is 0.490 e. The second-order valence-electron chi connectivity index (χ2n) is 4.43. The molecule has 1 aliphatic rings. The molecule has 0 spiro atoms. The first-order valence-corrected chi connectivity index (χ1v) is 6.61. The smallest absolute Gasteiger partial charge is 0.475 e. The van der Waals surface area contributed by atoms with Crippen molar-refractivity contribution in [3.05, 3.63) is 12.7 Å². The van der Waals surface area contributed by atoms with E-state index in [1.54, 1.807) is 11.0 Å². The third kappa shape index (κ3) is 6.43. The molecule has 0 bridgehead atoms. The molecular weight excluding hydrogens is 348 g/mol. The number of rotatable bonds is 4. The zero-order valence-corrected chi connectivity index (χ0v) is 12.8. The number of carboxylic acids is 1. The number of halogens is 5. The van der Waals surface area contributed by atoms with E-state index in [4.69, 9.17) is 21.5 Å². The summed E-state index contributed by atoms with van der Waals surface area (Å²) in [6.45, 7) is 4.53.